The summed E-state index contributed by atoms with van der Waals surface area (Å²) in [5, 5.41) is 0. The first-order valence-corrected chi connectivity index (χ1v) is 13.4. The van der Waals surface area contributed by atoms with E-state index in [1.807, 2.05) is 24.5 Å². The molecule has 3 heteroatoms. The lowest BCUT2D eigenvalue weighted by Crippen LogP contribution is -2.23. The van der Waals surface area contributed by atoms with Gasteiger partial charge in [0.05, 0.1) is 11.4 Å². The van der Waals surface area contributed by atoms with Gasteiger partial charge in [0, 0.05) is 32.0 Å². The van der Waals surface area contributed by atoms with Crippen LogP contribution >= 0.6 is 0 Å². The fourth-order valence-corrected chi connectivity index (χ4v) is 4.50. The minimum Gasteiger partial charge on any atom is -0.287 e. The summed E-state index contributed by atoms with van der Waals surface area (Å²) < 4.78 is 0. The van der Waals surface area contributed by atoms with Gasteiger partial charge in [0.2, 0.25) is 0 Å². The Morgan fingerprint density at radius 2 is 1.03 bits per heavy atom. The normalized spacial score (nSPS) is 11.2. The van der Waals surface area contributed by atoms with Crippen LogP contribution < -0.4 is 0 Å². The Morgan fingerprint density at radius 1 is 0.529 bits per heavy atom. The van der Waals surface area contributed by atoms with Crippen molar-refractivity contribution in [3.05, 3.63) is 95.6 Å². The fraction of sp³-hybridized carbons (Fsp3) is 0.484. The van der Waals surface area contributed by atoms with Gasteiger partial charge in [-0.15, -0.1) is 0 Å². The molecule has 0 bridgehead atoms. The molecular weight excluding hydrogens is 414 g/mol. The van der Waals surface area contributed by atoms with Crippen LogP contribution in [0.25, 0.3) is 0 Å². The van der Waals surface area contributed by atoms with Crippen molar-refractivity contribution in [2.45, 2.75) is 97.2 Å². The highest BCUT2D eigenvalue weighted by molar-refractivity contribution is 5.23. The lowest BCUT2D eigenvalue weighted by Gasteiger charge is -2.22. The molecule has 0 spiro atoms. The third-order valence-corrected chi connectivity index (χ3v) is 6.47. The van der Waals surface area contributed by atoms with Crippen LogP contribution in [0.3, 0.4) is 0 Å². The Labute approximate surface area is 207 Å². The van der Waals surface area contributed by atoms with E-state index < -0.39 is 0 Å². The van der Waals surface area contributed by atoms with Gasteiger partial charge >= 0.3 is 0 Å². The SMILES string of the molecule is CCCCCCCCCCCCc1ccc(CN(Cc2ccccn2)Cc2ccccn2)cc1. The molecule has 0 radical (unpaired) electrons. The maximum atomic E-state index is 4.53. The molecule has 3 nitrogen and oxygen atoms in total. The molecule has 1 aromatic carbocycles. The topological polar surface area (TPSA) is 29.0 Å². The van der Waals surface area contributed by atoms with Gasteiger partial charge in [0.1, 0.15) is 0 Å². The number of aromatic nitrogens is 2. The Kier molecular flexibility index (Phi) is 12.4. The summed E-state index contributed by atoms with van der Waals surface area (Å²) in [6, 6.07) is 21.5. The van der Waals surface area contributed by atoms with Crippen LogP contribution in [0.4, 0.5) is 0 Å². The molecule has 2 aromatic heterocycles. The average molecular weight is 458 g/mol. The lowest BCUT2D eigenvalue weighted by molar-refractivity contribution is 0.241. The van der Waals surface area contributed by atoms with E-state index in [4.69, 9.17) is 0 Å². The van der Waals surface area contributed by atoms with Crippen LogP contribution in [0.15, 0.2) is 73.1 Å². The second kappa shape index (κ2) is 16.2. The van der Waals surface area contributed by atoms with Crippen molar-refractivity contribution in [3.8, 4) is 0 Å². The van der Waals surface area contributed by atoms with Crippen molar-refractivity contribution in [3.63, 3.8) is 0 Å². The average Bonchev–Trinajstić information content (AvgIpc) is 2.87. The summed E-state index contributed by atoms with van der Waals surface area (Å²) >= 11 is 0. The molecule has 0 aliphatic rings. The zero-order valence-corrected chi connectivity index (χ0v) is 21.2. The van der Waals surface area contributed by atoms with E-state index >= 15 is 0 Å². The highest BCUT2D eigenvalue weighted by Gasteiger charge is 2.10. The van der Waals surface area contributed by atoms with Gasteiger partial charge in [-0.2, -0.15) is 0 Å². The first kappa shape index (κ1) is 26.1. The maximum Gasteiger partial charge on any atom is 0.0544 e. The monoisotopic (exact) mass is 457 g/mol. The summed E-state index contributed by atoms with van der Waals surface area (Å²) in [6.45, 7) is 4.82. The molecule has 3 rings (SSSR count). The van der Waals surface area contributed by atoms with E-state index in [0.717, 1.165) is 31.0 Å². The first-order valence-electron chi connectivity index (χ1n) is 13.4. The quantitative estimate of drug-likeness (QED) is 0.192. The van der Waals surface area contributed by atoms with Crippen LogP contribution in [-0.2, 0) is 26.1 Å². The van der Waals surface area contributed by atoms with Crippen LogP contribution in [0.1, 0.15) is 93.6 Å². The minimum absolute atomic E-state index is 0.817. The molecule has 0 amide bonds. The molecule has 0 saturated heterocycles. The first-order chi connectivity index (χ1) is 16.8. The molecule has 182 valence electrons. The molecule has 0 atom stereocenters. The molecule has 0 unspecified atom stereocenters. The van der Waals surface area contributed by atoms with E-state index in [9.17, 15) is 0 Å². The number of pyridine rings is 2. The van der Waals surface area contributed by atoms with E-state index in [0.29, 0.717) is 0 Å². The molecular formula is C31H43N3. The van der Waals surface area contributed by atoms with Crippen molar-refractivity contribution in [1.29, 1.82) is 0 Å². The van der Waals surface area contributed by atoms with Gasteiger partial charge in [-0.05, 0) is 48.2 Å². The Balaban J connectivity index is 1.41. The number of hydrogen-bond acceptors (Lipinski definition) is 3. The van der Waals surface area contributed by atoms with Gasteiger partial charge in [-0.3, -0.25) is 14.9 Å². The third-order valence-electron chi connectivity index (χ3n) is 6.47. The molecule has 0 aliphatic heterocycles. The highest BCUT2D eigenvalue weighted by Crippen LogP contribution is 2.16. The number of nitrogens with zero attached hydrogens (tertiary/aromatic N) is 3. The Morgan fingerprint density at radius 3 is 1.53 bits per heavy atom. The second-order valence-electron chi connectivity index (χ2n) is 9.54. The molecule has 0 N–H and O–H groups in total. The minimum atomic E-state index is 0.817. The number of aryl methyl sites for hydroxylation is 1. The standard InChI is InChI=1S/C31H43N3/c1-2-3-4-5-6-7-8-9-10-11-16-28-19-21-29(22-20-28)25-34(26-30-17-12-14-23-32-30)27-31-18-13-15-24-33-31/h12-15,17-24H,2-11,16,25-27H2,1H3. The maximum absolute atomic E-state index is 4.53. The predicted molar refractivity (Wildman–Crippen MR) is 143 cm³/mol. The van der Waals surface area contributed by atoms with Crippen molar-refractivity contribution >= 4 is 0 Å². The lowest BCUT2D eigenvalue weighted by atomic mass is 10.0. The Hall–Kier alpha value is -2.52. The van der Waals surface area contributed by atoms with Crippen molar-refractivity contribution in [2.75, 3.05) is 0 Å². The molecule has 0 fully saturated rings. The molecule has 3 aromatic rings. The van der Waals surface area contributed by atoms with Gasteiger partial charge in [-0.1, -0.05) is 101 Å². The van der Waals surface area contributed by atoms with Crippen molar-refractivity contribution < 1.29 is 0 Å². The molecule has 0 saturated carbocycles. The summed E-state index contributed by atoms with van der Waals surface area (Å²) in [5.74, 6) is 0. The van der Waals surface area contributed by atoms with Gasteiger partial charge in [-0.25, -0.2) is 0 Å². The summed E-state index contributed by atoms with van der Waals surface area (Å²) in [4.78, 5) is 11.5. The Bertz CT molecular complexity index is 836. The van der Waals surface area contributed by atoms with Gasteiger partial charge in [0.15, 0.2) is 0 Å². The smallest absolute Gasteiger partial charge is 0.0544 e. The largest absolute Gasteiger partial charge is 0.287 e. The fourth-order valence-electron chi connectivity index (χ4n) is 4.50. The number of rotatable bonds is 17. The van der Waals surface area contributed by atoms with Crippen LogP contribution in [0, 0.1) is 0 Å². The zero-order chi connectivity index (χ0) is 23.7. The number of hydrogen-bond donors (Lipinski definition) is 0. The van der Waals surface area contributed by atoms with E-state index in [1.54, 1.807) is 0 Å². The van der Waals surface area contributed by atoms with E-state index in [2.05, 4.69) is 70.3 Å². The predicted octanol–water partition coefficient (Wildman–Crippen LogP) is 8.14. The third kappa shape index (κ3) is 10.6. The van der Waals surface area contributed by atoms with Crippen molar-refractivity contribution in [2.24, 2.45) is 0 Å². The highest BCUT2D eigenvalue weighted by atomic mass is 15.1. The van der Waals surface area contributed by atoms with Gasteiger partial charge < -0.3 is 0 Å². The molecule has 34 heavy (non-hydrogen) atoms. The number of unbranched alkanes of at least 4 members (excludes halogenated alkanes) is 9. The number of benzene rings is 1. The summed E-state index contributed by atoms with van der Waals surface area (Å²) in [6.07, 6.45) is 18.9. The van der Waals surface area contributed by atoms with Crippen molar-refractivity contribution in [1.82, 2.24) is 14.9 Å². The van der Waals surface area contributed by atoms with E-state index in [1.165, 1.54) is 81.8 Å². The van der Waals surface area contributed by atoms with Crippen LogP contribution in [-0.4, -0.2) is 14.9 Å². The molecule has 2 heterocycles. The van der Waals surface area contributed by atoms with Crippen LogP contribution in [0.2, 0.25) is 0 Å². The van der Waals surface area contributed by atoms with Crippen LogP contribution in [0.5, 0.6) is 0 Å². The zero-order valence-electron chi connectivity index (χ0n) is 21.2. The summed E-state index contributed by atoms with van der Waals surface area (Å²) in [5.41, 5.74) is 5.00. The summed E-state index contributed by atoms with van der Waals surface area (Å²) in [7, 11) is 0. The van der Waals surface area contributed by atoms with E-state index in [-0.39, 0.29) is 0 Å². The molecule has 0 aliphatic carbocycles. The second-order valence-corrected chi connectivity index (χ2v) is 9.54. The van der Waals surface area contributed by atoms with Gasteiger partial charge in [0.25, 0.3) is 0 Å².